The molecule has 0 unspecified atom stereocenters. The molecule has 6 nitrogen and oxygen atoms in total. The molecule has 16 heavy (non-hydrogen) atoms. The second-order valence-electron chi connectivity index (χ2n) is 3.62. The highest BCUT2D eigenvalue weighted by atomic mass is 35.5. The van der Waals surface area contributed by atoms with E-state index >= 15 is 0 Å². The molecule has 7 heteroatoms. The van der Waals surface area contributed by atoms with E-state index in [1.54, 1.807) is 0 Å². The first-order chi connectivity index (χ1) is 7.13. The number of aliphatic hydroxyl groups is 1. The predicted molar refractivity (Wildman–Crippen MR) is 59.6 cm³/mol. The zero-order valence-corrected chi connectivity index (χ0v) is 9.70. The van der Waals surface area contributed by atoms with E-state index in [1.807, 2.05) is 0 Å². The molecule has 1 fully saturated rings. The lowest BCUT2D eigenvalue weighted by molar-refractivity contribution is -0.150. The van der Waals surface area contributed by atoms with Gasteiger partial charge in [-0.3, -0.25) is 4.79 Å². The van der Waals surface area contributed by atoms with Crippen LogP contribution < -0.4 is 5.32 Å². The van der Waals surface area contributed by atoms with E-state index < -0.39 is 11.9 Å². The van der Waals surface area contributed by atoms with Gasteiger partial charge in [-0.1, -0.05) is 0 Å². The first-order valence-corrected chi connectivity index (χ1v) is 5.00. The van der Waals surface area contributed by atoms with Crippen LogP contribution >= 0.6 is 12.4 Å². The largest absolute Gasteiger partial charge is 0.474 e. The summed E-state index contributed by atoms with van der Waals surface area (Å²) >= 11 is 0. The van der Waals surface area contributed by atoms with Crippen LogP contribution in [-0.4, -0.2) is 59.3 Å². The number of aliphatic carboxylic acids is 1. The third-order valence-electron chi connectivity index (χ3n) is 2.53. The number of amides is 1. The number of rotatable bonds is 3. The fourth-order valence-electron chi connectivity index (χ4n) is 1.69. The lowest BCUT2D eigenvalue weighted by Gasteiger charge is -2.31. The Kier molecular flexibility index (Phi) is 7.03. The predicted octanol–water partition coefficient (Wildman–Crippen LogP) is -0.934. The Bertz CT molecular complexity index is 242. The van der Waals surface area contributed by atoms with E-state index in [9.17, 15) is 9.59 Å². The van der Waals surface area contributed by atoms with Crippen LogP contribution in [0.5, 0.6) is 0 Å². The summed E-state index contributed by atoms with van der Waals surface area (Å²) in [5.74, 6) is -2.37. The van der Waals surface area contributed by atoms with Crippen molar-refractivity contribution >= 4 is 24.3 Å². The number of carbonyl (C=O) groups is 2. The van der Waals surface area contributed by atoms with Gasteiger partial charge in [-0.15, -0.1) is 12.4 Å². The summed E-state index contributed by atoms with van der Waals surface area (Å²) in [5.41, 5.74) is 0. The number of piperidine rings is 1. The van der Waals surface area contributed by atoms with Crippen LogP contribution in [0.25, 0.3) is 0 Å². The molecule has 1 aliphatic heterocycles. The average Bonchev–Trinajstić information content (AvgIpc) is 2.21. The van der Waals surface area contributed by atoms with E-state index in [0.717, 1.165) is 25.9 Å². The molecule has 1 saturated heterocycles. The highest BCUT2D eigenvalue weighted by molar-refractivity contribution is 6.31. The molecule has 0 aromatic carbocycles. The Morgan fingerprint density at radius 1 is 1.31 bits per heavy atom. The standard InChI is InChI=1S/C9H16N2O4.ClH/c12-6-5-11-3-1-7(2-4-11)10-8(13)9(14)15;/h7,12H,1-6H2,(H,10,13)(H,14,15);1H. The number of halogens is 1. The van der Waals surface area contributed by atoms with Crippen molar-refractivity contribution in [3.05, 3.63) is 0 Å². The van der Waals surface area contributed by atoms with Crippen molar-refractivity contribution in [3.8, 4) is 0 Å². The minimum Gasteiger partial charge on any atom is -0.474 e. The second-order valence-corrected chi connectivity index (χ2v) is 3.62. The Morgan fingerprint density at radius 3 is 2.31 bits per heavy atom. The molecule has 1 aliphatic rings. The number of β-amino-alcohol motifs (C(OH)–C–C–N with tert-alkyl or cyclic N) is 1. The molecule has 1 heterocycles. The van der Waals surface area contributed by atoms with Crippen molar-refractivity contribution in [2.45, 2.75) is 18.9 Å². The zero-order chi connectivity index (χ0) is 11.3. The molecule has 0 radical (unpaired) electrons. The Morgan fingerprint density at radius 2 is 1.88 bits per heavy atom. The van der Waals surface area contributed by atoms with E-state index in [-0.39, 0.29) is 25.1 Å². The van der Waals surface area contributed by atoms with E-state index in [0.29, 0.717) is 6.54 Å². The lowest BCUT2D eigenvalue weighted by atomic mass is 10.1. The topological polar surface area (TPSA) is 89.9 Å². The summed E-state index contributed by atoms with van der Waals surface area (Å²) in [7, 11) is 0. The van der Waals surface area contributed by atoms with Gasteiger partial charge in [0.2, 0.25) is 0 Å². The molecule has 0 spiro atoms. The summed E-state index contributed by atoms with van der Waals surface area (Å²) in [6.07, 6.45) is 1.47. The third kappa shape index (κ3) is 4.78. The lowest BCUT2D eigenvalue weighted by Crippen LogP contribution is -2.47. The van der Waals surface area contributed by atoms with Crippen LogP contribution in [0.3, 0.4) is 0 Å². The van der Waals surface area contributed by atoms with Gasteiger partial charge < -0.3 is 20.4 Å². The van der Waals surface area contributed by atoms with Gasteiger partial charge in [0.05, 0.1) is 6.61 Å². The van der Waals surface area contributed by atoms with Gasteiger partial charge in [-0.2, -0.15) is 0 Å². The van der Waals surface area contributed by atoms with Gasteiger partial charge in [0.25, 0.3) is 0 Å². The number of likely N-dealkylation sites (tertiary alicyclic amines) is 1. The quantitative estimate of drug-likeness (QED) is 0.565. The highest BCUT2D eigenvalue weighted by Crippen LogP contribution is 2.09. The number of carboxylic acids is 1. The van der Waals surface area contributed by atoms with Crippen molar-refractivity contribution in [3.63, 3.8) is 0 Å². The number of carboxylic acid groups (broad SMARTS) is 1. The van der Waals surface area contributed by atoms with Crippen LogP contribution in [0.2, 0.25) is 0 Å². The van der Waals surface area contributed by atoms with E-state index in [1.165, 1.54) is 0 Å². The minimum atomic E-state index is -1.44. The van der Waals surface area contributed by atoms with Crippen molar-refractivity contribution in [1.82, 2.24) is 10.2 Å². The van der Waals surface area contributed by atoms with E-state index in [4.69, 9.17) is 10.2 Å². The monoisotopic (exact) mass is 252 g/mol. The molecule has 3 N–H and O–H groups in total. The van der Waals surface area contributed by atoms with E-state index in [2.05, 4.69) is 10.2 Å². The summed E-state index contributed by atoms with van der Waals surface area (Å²) < 4.78 is 0. The molecule has 0 atom stereocenters. The normalized spacial score (nSPS) is 17.6. The van der Waals surface area contributed by atoms with Crippen molar-refractivity contribution in [2.24, 2.45) is 0 Å². The first kappa shape index (κ1) is 15.2. The molecule has 0 aromatic heterocycles. The zero-order valence-electron chi connectivity index (χ0n) is 8.89. The van der Waals surface area contributed by atoms with Crippen molar-refractivity contribution in [1.29, 1.82) is 0 Å². The van der Waals surface area contributed by atoms with Gasteiger partial charge >= 0.3 is 11.9 Å². The summed E-state index contributed by atoms with van der Waals surface area (Å²) in [5, 5.41) is 19.6. The van der Waals surface area contributed by atoms with Crippen LogP contribution in [0.4, 0.5) is 0 Å². The van der Waals surface area contributed by atoms with Gasteiger partial charge in [-0.25, -0.2) is 4.79 Å². The molecule has 1 rings (SSSR count). The molecule has 0 aromatic rings. The SMILES string of the molecule is Cl.O=C(O)C(=O)NC1CCN(CCO)CC1. The second kappa shape index (κ2) is 7.43. The van der Waals surface area contributed by atoms with Crippen LogP contribution in [0, 0.1) is 0 Å². The molecule has 94 valence electrons. The first-order valence-electron chi connectivity index (χ1n) is 5.00. The Labute approximate surface area is 100 Å². The molecule has 1 amide bonds. The molecular formula is C9H17ClN2O4. The molecule has 0 aliphatic carbocycles. The molecular weight excluding hydrogens is 236 g/mol. The maximum Gasteiger partial charge on any atom is 0.394 e. The number of hydrogen-bond acceptors (Lipinski definition) is 4. The molecule has 0 bridgehead atoms. The average molecular weight is 253 g/mol. The maximum absolute atomic E-state index is 10.9. The Balaban J connectivity index is 0.00000225. The number of carbonyl (C=O) groups excluding carboxylic acids is 1. The number of hydrogen-bond donors (Lipinski definition) is 3. The molecule has 0 saturated carbocycles. The fraction of sp³-hybridized carbons (Fsp3) is 0.778. The highest BCUT2D eigenvalue weighted by Gasteiger charge is 2.22. The van der Waals surface area contributed by atoms with Crippen LogP contribution in [0.15, 0.2) is 0 Å². The van der Waals surface area contributed by atoms with Gasteiger partial charge in [0.1, 0.15) is 0 Å². The summed E-state index contributed by atoms with van der Waals surface area (Å²) in [4.78, 5) is 23.2. The van der Waals surface area contributed by atoms with Gasteiger partial charge in [-0.05, 0) is 12.8 Å². The van der Waals surface area contributed by atoms with Gasteiger partial charge in [0.15, 0.2) is 0 Å². The number of nitrogens with one attached hydrogen (secondary N) is 1. The minimum absolute atomic E-state index is 0. The van der Waals surface area contributed by atoms with Crippen LogP contribution in [0.1, 0.15) is 12.8 Å². The third-order valence-corrected chi connectivity index (χ3v) is 2.53. The Hall–Kier alpha value is -0.850. The van der Waals surface area contributed by atoms with Gasteiger partial charge in [0, 0.05) is 25.7 Å². The van der Waals surface area contributed by atoms with Crippen molar-refractivity contribution < 1.29 is 19.8 Å². The summed E-state index contributed by atoms with van der Waals surface area (Å²) in [6.45, 7) is 2.34. The van der Waals surface area contributed by atoms with Crippen molar-refractivity contribution in [2.75, 3.05) is 26.2 Å². The maximum atomic E-state index is 10.9. The number of nitrogens with zero attached hydrogens (tertiary/aromatic N) is 1. The summed E-state index contributed by atoms with van der Waals surface area (Å²) in [6, 6.07) is -0.0523. The van der Waals surface area contributed by atoms with Crippen LogP contribution in [-0.2, 0) is 9.59 Å². The smallest absolute Gasteiger partial charge is 0.394 e. The fourth-order valence-corrected chi connectivity index (χ4v) is 1.69. The number of aliphatic hydroxyl groups excluding tert-OH is 1.